The molecule has 0 spiro atoms. The van der Waals surface area contributed by atoms with Gasteiger partial charge in [0.2, 0.25) is 5.91 Å². The minimum atomic E-state index is -0.599. The normalized spacial score (nSPS) is 10.2. The minimum Gasteiger partial charge on any atom is -0.469 e. The van der Waals surface area contributed by atoms with Crippen LogP contribution >= 0.6 is 0 Å². The Morgan fingerprint density at radius 2 is 2.14 bits per heavy atom. The van der Waals surface area contributed by atoms with E-state index in [4.69, 9.17) is 4.42 Å². The number of rotatable bonds is 7. The first-order valence-electron chi connectivity index (χ1n) is 6.36. The van der Waals surface area contributed by atoms with E-state index in [0.717, 1.165) is 0 Å². The van der Waals surface area contributed by atoms with Crippen LogP contribution in [-0.4, -0.2) is 50.1 Å². The molecule has 0 atom stereocenters. The molecule has 0 aromatic carbocycles. The second-order valence-corrected chi connectivity index (χ2v) is 4.37. The molecule has 0 radical (unpaired) electrons. The van der Waals surface area contributed by atoms with Crippen LogP contribution in [0.15, 0.2) is 22.8 Å². The summed E-state index contributed by atoms with van der Waals surface area (Å²) < 4.78 is 9.54. The van der Waals surface area contributed by atoms with Gasteiger partial charge in [0.05, 0.1) is 32.9 Å². The number of carbonyl (C=O) groups excluding carboxylic acids is 3. The Labute approximate surface area is 122 Å². The van der Waals surface area contributed by atoms with Crippen molar-refractivity contribution in [1.29, 1.82) is 0 Å². The monoisotopic (exact) mass is 297 g/mol. The van der Waals surface area contributed by atoms with Crippen molar-refractivity contribution in [3.63, 3.8) is 0 Å². The predicted molar refractivity (Wildman–Crippen MR) is 73.2 cm³/mol. The fraction of sp³-hybridized carbons (Fsp3) is 0.462. The van der Waals surface area contributed by atoms with E-state index in [2.05, 4.69) is 15.4 Å². The summed E-state index contributed by atoms with van der Waals surface area (Å²) in [7, 11) is 2.97. The van der Waals surface area contributed by atoms with Gasteiger partial charge in [-0.05, 0) is 19.2 Å². The molecule has 0 fully saturated rings. The maximum Gasteiger partial charge on any atom is 0.321 e. The zero-order valence-corrected chi connectivity index (χ0v) is 12.0. The van der Waals surface area contributed by atoms with E-state index in [-0.39, 0.29) is 25.5 Å². The molecule has 21 heavy (non-hydrogen) atoms. The molecule has 0 bridgehead atoms. The molecule has 1 aromatic rings. The van der Waals surface area contributed by atoms with E-state index in [1.54, 1.807) is 24.1 Å². The van der Waals surface area contributed by atoms with Crippen molar-refractivity contribution in [2.45, 2.75) is 13.0 Å². The number of methoxy groups -OCH3 is 1. The maximum atomic E-state index is 11.6. The highest BCUT2D eigenvalue weighted by molar-refractivity contribution is 5.95. The average Bonchev–Trinajstić information content (AvgIpc) is 2.95. The molecule has 2 N–H and O–H groups in total. The highest BCUT2D eigenvalue weighted by Gasteiger charge is 2.11. The van der Waals surface area contributed by atoms with Crippen LogP contribution in [0.4, 0.5) is 4.79 Å². The number of furan rings is 1. The number of esters is 1. The van der Waals surface area contributed by atoms with Crippen molar-refractivity contribution >= 4 is 17.9 Å². The van der Waals surface area contributed by atoms with E-state index in [1.807, 2.05) is 0 Å². The summed E-state index contributed by atoms with van der Waals surface area (Å²) in [6.45, 7) is 0.573. The molecule has 1 aromatic heterocycles. The first kappa shape index (κ1) is 16.7. The van der Waals surface area contributed by atoms with Gasteiger partial charge in [-0.3, -0.25) is 19.8 Å². The van der Waals surface area contributed by atoms with Crippen molar-refractivity contribution in [3.05, 3.63) is 24.2 Å². The van der Waals surface area contributed by atoms with Crippen LogP contribution in [0.3, 0.4) is 0 Å². The Morgan fingerprint density at radius 3 is 2.76 bits per heavy atom. The minimum absolute atomic E-state index is 0.00513. The highest BCUT2D eigenvalue weighted by Crippen LogP contribution is 1.98. The maximum absolute atomic E-state index is 11.6. The van der Waals surface area contributed by atoms with Gasteiger partial charge in [0.1, 0.15) is 5.76 Å². The van der Waals surface area contributed by atoms with Gasteiger partial charge in [0.25, 0.3) is 0 Å². The first-order valence-corrected chi connectivity index (χ1v) is 6.36. The number of hydrogen-bond donors (Lipinski definition) is 2. The summed E-state index contributed by atoms with van der Waals surface area (Å²) in [4.78, 5) is 35.6. The Bertz CT molecular complexity index is 472. The molecule has 0 unspecified atom stereocenters. The molecule has 3 amide bonds. The van der Waals surface area contributed by atoms with Crippen molar-refractivity contribution < 1.29 is 23.5 Å². The Morgan fingerprint density at radius 1 is 1.38 bits per heavy atom. The fourth-order valence-electron chi connectivity index (χ4n) is 1.50. The highest BCUT2D eigenvalue weighted by atomic mass is 16.5. The molecule has 0 aliphatic rings. The van der Waals surface area contributed by atoms with Gasteiger partial charge in [-0.1, -0.05) is 0 Å². The number of imide groups is 1. The largest absolute Gasteiger partial charge is 0.469 e. The van der Waals surface area contributed by atoms with Gasteiger partial charge in [0, 0.05) is 6.54 Å². The predicted octanol–water partition coefficient (Wildman–Crippen LogP) is 0.100. The molecule has 0 saturated carbocycles. The molecule has 8 nitrogen and oxygen atoms in total. The summed E-state index contributed by atoms with van der Waals surface area (Å²) in [6, 6.07) is 2.82. The average molecular weight is 297 g/mol. The Balaban J connectivity index is 2.19. The van der Waals surface area contributed by atoms with Crippen LogP contribution in [0.1, 0.15) is 12.2 Å². The summed E-state index contributed by atoms with van der Waals surface area (Å²) in [5, 5.41) is 4.68. The summed E-state index contributed by atoms with van der Waals surface area (Å²) in [6.07, 6.45) is 1.68. The topological polar surface area (TPSA) is 101 Å². The SMILES string of the molecule is COC(=O)CCN(C)CC(=O)NC(=O)NCc1ccco1. The Hall–Kier alpha value is -2.35. The van der Waals surface area contributed by atoms with Crippen LogP contribution in [0.5, 0.6) is 0 Å². The number of likely N-dealkylation sites (N-methyl/N-ethyl adjacent to an activating group) is 1. The van der Waals surface area contributed by atoms with Crippen LogP contribution < -0.4 is 10.6 Å². The van der Waals surface area contributed by atoms with Gasteiger partial charge < -0.3 is 14.5 Å². The number of urea groups is 1. The van der Waals surface area contributed by atoms with Crippen molar-refractivity contribution in [2.24, 2.45) is 0 Å². The summed E-state index contributed by atoms with van der Waals surface area (Å²) in [5.74, 6) is -0.217. The lowest BCUT2D eigenvalue weighted by atomic mass is 10.4. The zero-order valence-electron chi connectivity index (χ0n) is 12.0. The third-order valence-electron chi connectivity index (χ3n) is 2.60. The number of amides is 3. The molecule has 116 valence electrons. The number of carbonyl (C=O) groups is 3. The summed E-state index contributed by atoms with van der Waals surface area (Å²) >= 11 is 0. The van der Waals surface area contributed by atoms with Crippen LogP contribution in [0, 0.1) is 0 Å². The molecule has 8 heteroatoms. The summed E-state index contributed by atoms with van der Waals surface area (Å²) in [5.41, 5.74) is 0. The molecule has 1 rings (SSSR count). The van der Waals surface area contributed by atoms with E-state index in [0.29, 0.717) is 12.3 Å². The van der Waals surface area contributed by atoms with E-state index in [9.17, 15) is 14.4 Å². The molecular formula is C13H19N3O5. The molecule has 0 aliphatic heterocycles. The molecular weight excluding hydrogens is 278 g/mol. The van der Waals surface area contributed by atoms with Crippen molar-refractivity contribution in [1.82, 2.24) is 15.5 Å². The number of nitrogens with zero attached hydrogens (tertiary/aromatic N) is 1. The van der Waals surface area contributed by atoms with Crippen LogP contribution in [0.25, 0.3) is 0 Å². The zero-order chi connectivity index (χ0) is 15.7. The van der Waals surface area contributed by atoms with Crippen molar-refractivity contribution in [2.75, 3.05) is 27.2 Å². The van der Waals surface area contributed by atoms with E-state index in [1.165, 1.54) is 13.4 Å². The number of nitrogens with one attached hydrogen (secondary N) is 2. The van der Waals surface area contributed by atoms with Crippen LogP contribution in [-0.2, 0) is 20.9 Å². The fourth-order valence-corrected chi connectivity index (χ4v) is 1.50. The van der Waals surface area contributed by atoms with Crippen LogP contribution in [0.2, 0.25) is 0 Å². The third-order valence-corrected chi connectivity index (χ3v) is 2.60. The van der Waals surface area contributed by atoms with Gasteiger partial charge in [-0.15, -0.1) is 0 Å². The Kier molecular flexibility index (Phi) is 6.96. The van der Waals surface area contributed by atoms with Gasteiger partial charge in [-0.2, -0.15) is 0 Å². The number of ether oxygens (including phenoxy) is 1. The second-order valence-electron chi connectivity index (χ2n) is 4.37. The smallest absolute Gasteiger partial charge is 0.321 e. The van der Waals surface area contributed by atoms with Crippen molar-refractivity contribution in [3.8, 4) is 0 Å². The molecule has 0 aliphatic carbocycles. The van der Waals surface area contributed by atoms with E-state index >= 15 is 0 Å². The van der Waals surface area contributed by atoms with Gasteiger partial charge >= 0.3 is 12.0 Å². The van der Waals surface area contributed by atoms with E-state index < -0.39 is 11.9 Å². The lowest BCUT2D eigenvalue weighted by molar-refractivity contribution is -0.141. The third kappa shape index (κ3) is 7.11. The quantitative estimate of drug-likeness (QED) is 0.692. The number of hydrogen-bond acceptors (Lipinski definition) is 6. The van der Waals surface area contributed by atoms with Gasteiger partial charge in [-0.25, -0.2) is 4.79 Å². The standard InChI is InChI=1S/C13H19N3O5/c1-16(6-5-12(18)20-2)9-11(17)15-13(19)14-8-10-4-3-7-21-10/h3-4,7H,5-6,8-9H2,1-2H3,(H2,14,15,17,19). The molecule has 1 heterocycles. The lowest BCUT2D eigenvalue weighted by Gasteiger charge is -2.15. The first-order chi connectivity index (χ1) is 10.0. The van der Waals surface area contributed by atoms with Gasteiger partial charge in [0.15, 0.2) is 0 Å². The molecule has 0 saturated heterocycles. The second kappa shape index (κ2) is 8.75. The lowest BCUT2D eigenvalue weighted by Crippen LogP contribution is -2.43.